The Kier molecular flexibility index (Phi) is 6.17. The zero-order valence-electron chi connectivity index (χ0n) is 16.1. The summed E-state index contributed by atoms with van der Waals surface area (Å²) in [5, 5.41) is 12.8. The lowest BCUT2D eigenvalue weighted by Crippen LogP contribution is -2.50. The number of rotatable bonds is 4. The van der Waals surface area contributed by atoms with Gasteiger partial charge in [0.15, 0.2) is 0 Å². The summed E-state index contributed by atoms with van der Waals surface area (Å²) in [5.41, 5.74) is 10.8. The maximum atomic E-state index is 12.2. The average molecular weight is 375 g/mol. The monoisotopic (exact) mass is 375 g/mol. The van der Waals surface area contributed by atoms with Crippen LogP contribution in [-0.4, -0.2) is 53.8 Å². The van der Waals surface area contributed by atoms with E-state index in [1.165, 1.54) is 0 Å². The van der Waals surface area contributed by atoms with Crippen LogP contribution in [0.2, 0.25) is 0 Å². The molecule has 0 spiro atoms. The van der Waals surface area contributed by atoms with E-state index >= 15 is 0 Å². The van der Waals surface area contributed by atoms with Crippen molar-refractivity contribution in [1.82, 2.24) is 4.90 Å². The maximum absolute atomic E-state index is 12.2. The minimum absolute atomic E-state index is 0.147. The Morgan fingerprint density at radius 3 is 2.41 bits per heavy atom. The second kappa shape index (κ2) is 8.18. The van der Waals surface area contributed by atoms with Crippen LogP contribution >= 0.6 is 0 Å². The first-order valence-corrected chi connectivity index (χ1v) is 8.74. The predicted octanol–water partition coefficient (Wildman–Crippen LogP) is 3.62. The van der Waals surface area contributed by atoms with Crippen molar-refractivity contribution in [2.45, 2.75) is 39.7 Å². The molecule has 1 saturated heterocycles. The van der Waals surface area contributed by atoms with Crippen LogP contribution in [0.3, 0.4) is 0 Å². The molecule has 9 nitrogen and oxygen atoms in total. The quantitative estimate of drug-likeness (QED) is 0.490. The van der Waals surface area contributed by atoms with Crippen LogP contribution in [0, 0.1) is 6.92 Å². The Bertz CT molecular complexity index is 773. The highest BCUT2D eigenvalue weighted by Crippen LogP contribution is 2.31. The Hall–Kier alpha value is -2.93. The van der Waals surface area contributed by atoms with Gasteiger partial charge in [0, 0.05) is 42.5 Å². The molecule has 1 aliphatic rings. The molecule has 27 heavy (non-hydrogen) atoms. The van der Waals surface area contributed by atoms with E-state index in [-0.39, 0.29) is 12.5 Å². The molecule has 1 heterocycles. The lowest BCUT2D eigenvalue weighted by atomic mass is 10.0. The summed E-state index contributed by atoms with van der Waals surface area (Å²) in [7, 11) is 0. The second-order valence-corrected chi connectivity index (χ2v) is 7.46. The number of aliphatic carboxylic acids is 1. The minimum Gasteiger partial charge on any atom is -0.481 e. The number of benzene rings is 1. The Morgan fingerprint density at radius 2 is 1.89 bits per heavy atom. The Labute approximate surface area is 158 Å². The van der Waals surface area contributed by atoms with Crippen LogP contribution in [0.5, 0.6) is 0 Å². The molecule has 146 valence electrons. The number of azide groups is 1. The topological polar surface area (TPSA) is 119 Å². The van der Waals surface area contributed by atoms with Gasteiger partial charge in [0.1, 0.15) is 5.60 Å². The number of carboxylic acid groups (broad SMARTS) is 1. The third kappa shape index (κ3) is 5.52. The molecular formula is C18H25N5O4. The van der Waals surface area contributed by atoms with Crippen LogP contribution in [0.15, 0.2) is 17.2 Å². The van der Waals surface area contributed by atoms with E-state index in [4.69, 9.17) is 15.4 Å². The fourth-order valence-electron chi connectivity index (χ4n) is 2.98. The van der Waals surface area contributed by atoms with Gasteiger partial charge in [-0.2, -0.15) is 0 Å². The number of carbonyl (C=O) groups is 2. The molecule has 1 N–H and O–H groups in total. The molecule has 0 radical (unpaired) electrons. The Balaban J connectivity index is 2.19. The largest absolute Gasteiger partial charge is 0.481 e. The van der Waals surface area contributed by atoms with Gasteiger partial charge >= 0.3 is 12.1 Å². The molecule has 0 unspecified atom stereocenters. The molecule has 0 aliphatic carbocycles. The van der Waals surface area contributed by atoms with Crippen LogP contribution in [0.25, 0.3) is 10.4 Å². The fourth-order valence-corrected chi connectivity index (χ4v) is 2.98. The van der Waals surface area contributed by atoms with E-state index in [9.17, 15) is 9.59 Å². The van der Waals surface area contributed by atoms with Gasteiger partial charge in [-0.3, -0.25) is 4.79 Å². The summed E-state index contributed by atoms with van der Waals surface area (Å²) in [4.78, 5) is 29.9. The van der Waals surface area contributed by atoms with Crippen molar-refractivity contribution in [3.8, 4) is 0 Å². The number of hydrogen-bond donors (Lipinski definition) is 1. The van der Waals surface area contributed by atoms with Crippen molar-refractivity contribution in [2.75, 3.05) is 31.1 Å². The highest BCUT2D eigenvalue weighted by molar-refractivity contribution is 5.74. The molecule has 0 atom stereocenters. The molecule has 9 heteroatoms. The zero-order chi connectivity index (χ0) is 20.2. The molecule has 1 aromatic carbocycles. The molecule has 0 saturated carbocycles. The standard InChI is InChI=1S/C18H25N5O4/c1-12-13(10-16(24)25)9-14(20-21-19)11-15(12)22-5-7-23(8-6-22)17(26)27-18(2,3)4/h9,11H,5-8,10H2,1-4H3,(H,24,25). The molecule has 1 aliphatic heterocycles. The highest BCUT2D eigenvalue weighted by atomic mass is 16.6. The summed E-state index contributed by atoms with van der Waals surface area (Å²) in [6.07, 6.45) is -0.487. The average Bonchev–Trinajstić information content (AvgIpc) is 2.56. The minimum atomic E-state index is -0.947. The van der Waals surface area contributed by atoms with Gasteiger partial charge in [-0.25, -0.2) is 4.79 Å². The molecule has 1 aromatic rings. The number of amides is 1. The lowest BCUT2D eigenvalue weighted by Gasteiger charge is -2.37. The van der Waals surface area contributed by atoms with Gasteiger partial charge in [-0.05, 0) is 56.5 Å². The third-order valence-corrected chi connectivity index (χ3v) is 4.25. The number of piperazine rings is 1. The molecular weight excluding hydrogens is 350 g/mol. The summed E-state index contributed by atoms with van der Waals surface area (Å²) < 4.78 is 5.40. The van der Waals surface area contributed by atoms with Crippen molar-refractivity contribution in [3.63, 3.8) is 0 Å². The van der Waals surface area contributed by atoms with Crippen molar-refractivity contribution in [2.24, 2.45) is 5.11 Å². The predicted molar refractivity (Wildman–Crippen MR) is 101 cm³/mol. The van der Waals surface area contributed by atoms with Crippen molar-refractivity contribution in [3.05, 3.63) is 33.7 Å². The lowest BCUT2D eigenvalue weighted by molar-refractivity contribution is -0.136. The van der Waals surface area contributed by atoms with Crippen molar-refractivity contribution in [1.29, 1.82) is 0 Å². The number of ether oxygens (including phenoxy) is 1. The van der Waals surface area contributed by atoms with Gasteiger partial charge in [0.25, 0.3) is 0 Å². The summed E-state index contributed by atoms with van der Waals surface area (Å²) in [6, 6.07) is 3.35. The molecule has 0 bridgehead atoms. The molecule has 1 amide bonds. The van der Waals surface area contributed by atoms with E-state index < -0.39 is 11.6 Å². The zero-order valence-corrected chi connectivity index (χ0v) is 16.1. The summed E-state index contributed by atoms with van der Waals surface area (Å²) in [5.74, 6) is -0.947. The molecule has 2 rings (SSSR count). The summed E-state index contributed by atoms with van der Waals surface area (Å²) in [6.45, 7) is 9.48. The summed E-state index contributed by atoms with van der Waals surface area (Å²) >= 11 is 0. The first-order valence-electron chi connectivity index (χ1n) is 8.74. The second-order valence-electron chi connectivity index (χ2n) is 7.46. The first-order chi connectivity index (χ1) is 12.6. The van der Waals surface area contributed by atoms with Crippen molar-refractivity contribution >= 4 is 23.4 Å². The SMILES string of the molecule is Cc1c(CC(=O)O)cc(N=[N+]=[N-])cc1N1CCN(C(=O)OC(C)(C)C)CC1. The van der Waals surface area contributed by atoms with Gasteiger partial charge in [-0.15, -0.1) is 0 Å². The van der Waals surface area contributed by atoms with Gasteiger partial charge in [0.05, 0.1) is 6.42 Å². The Morgan fingerprint density at radius 1 is 1.26 bits per heavy atom. The van der Waals surface area contributed by atoms with E-state index in [1.54, 1.807) is 17.0 Å². The van der Waals surface area contributed by atoms with E-state index in [2.05, 4.69) is 14.9 Å². The van der Waals surface area contributed by atoms with Crippen LogP contribution < -0.4 is 4.90 Å². The highest BCUT2D eigenvalue weighted by Gasteiger charge is 2.27. The smallest absolute Gasteiger partial charge is 0.410 e. The first kappa shape index (κ1) is 20.4. The van der Waals surface area contributed by atoms with E-state index in [1.807, 2.05) is 27.7 Å². The number of carbonyl (C=O) groups excluding carboxylic acids is 1. The fraction of sp³-hybridized carbons (Fsp3) is 0.556. The molecule has 0 aromatic heterocycles. The normalized spacial score (nSPS) is 14.5. The van der Waals surface area contributed by atoms with Gasteiger partial charge in [-0.1, -0.05) is 5.11 Å². The van der Waals surface area contributed by atoms with Crippen molar-refractivity contribution < 1.29 is 19.4 Å². The van der Waals surface area contributed by atoms with Crippen LogP contribution in [-0.2, 0) is 16.0 Å². The van der Waals surface area contributed by atoms with Gasteiger partial charge in [0.2, 0.25) is 0 Å². The van der Waals surface area contributed by atoms with Crippen LogP contribution in [0.1, 0.15) is 31.9 Å². The number of anilines is 1. The van der Waals surface area contributed by atoms with Crippen LogP contribution in [0.4, 0.5) is 16.2 Å². The number of hydrogen-bond acceptors (Lipinski definition) is 5. The number of nitrogens with zero attached hydrogens (tertiary/aromatic N) is 5. The maximum Gasteiger partial charge on any atom is 0.410 e. The van der Waals surface area contributed by atoms with Gasteiger partial charge < -0.3 is 19.6 Å². The van der Waals surface area contributed by atoms with E-state index in [0.717, 1.165) is 11.3 Å². The molecule has 1 fully saturated rings. The van der Waals surface area contributed by atoms with E-state index in [0.29, 0.717) is 37.4 Å². The third-order valence-electron chi connectivity index (χ3n) is 4.25. The number of carboxylic acids is 1.